The van der Waals surface area contributed by atoms with Gasteiger partial charge < -0.3 is 20.9 Å². The van der Waals surface area contributed by atoms with Gasteiger partial charge in [0.25, 0.3) is 5.91 Å². The Kier molecular flexibility index (Phi) is 5.77. The maximum atomic E-state index is 12.4. The standard InChI is InChI=1S/C22H16N4O5S/c23-19(28)15-2-1-9-24-20(15)31-14-6-3-12(4-7-14)10-18(27)26-22-25-16-11-13(21(29)30)5-8-17(16)32-22/h1-9,11H,10H2,(H2,23,28)(H,29,30)(H,25,26,27). The van der Waals surface area contributed by atoms with Crippen molar-refractivity contribution in [1.82, 2.24) is 9.97 Å². The topological polar surface area (TPSA) is 144 Å². The Morgan fingerprint density at radius 3 is 2.59 bits per heavy atom. The largest absolute Gasteiger partial charge is 0.478 e. The molecule has 0 saturated heterocycles. The number of nitrogens with zero attached hydrogens (tertiary/aromatic N) is 2. The number of nitrogens with one attached hydrogen (secondary N) is 1. The first-order valence-corrected chi connectivity index (χ1v) is 10.2. The molecule has 4 N–H and O–H groups in total. The fraction of sp³-hybridized carbons (Fsp3) is 0.0455. The summed E-state index contributed by atoms with van der Waals surface area (Å²) >= 11 is 1.26. The normalized spacial score (nSPS) is 10.6. The number of pyridine rings is 1. The number of amides is 2. The van der Waals surface area contributed by atoms with Crippen molar-refractivity contribution in [1.29, 1.82) is 0 Å². The molecule has 0 aliphatic heterocycles. The van der Waals surface area contributed by atoms with Crippen molar-refractivity contribution in [3.63, 3.8) is 0 Å². The zero-order valence-corrected chi connectivity index (χ0v) is 17.3. The fourth-order valence-electron chi connectivity index (χ4n) is 2.91. The number of carboxylic acid groups (broad SMARTS) is 1. The lowest BCUT2D eigenvalue weighted by Crippen LogP contribution is -2.14. The van der Waals surface area contributed by atoms with Crippen LogP contribution in [0.2, 0.25) is 0 Å². The number of hydrogen-bond donors (Lipinski definition) is 3. The molecule has 0 atom stereocenters. The number of benzene rings is 2. The Morgan fingerprint density at radius 1 is 1.09 bits per heavy atom. The summed E-state index contributed by atoms with van der Waals surface area (Å²) in [4.78, 5) is 43.2. The third kappa shape index (κ3) is 4.71. The first kappa shape index (κ1) is 20.9. The van der Waals surface area contributed by atoms with Gasteiger partial charge in [0.1, 0.15) is 11.3 Å². The maximum absolute atomic E-state index is 12.4. The lowest BCUT2D eigenvalue weighted by molar-refractivity contribution is -0.115. The van der Waals surface area contributed by atoms with Crippen LogP contribution in [0, 0.1) is 0 Å². The van der Waals surface area contributed by atoms with Crippen LogP contribution in [-0.4, -0.2) is 32.9 Å². The van der Waals surface area contributed by atoms with Crippen molar-refractivity contribution >= 4 is 44.5 Å². The minimum absolute atomic E-state index is 0.104. The molecule has 10 heteroatoms. The van der Waals surface area contributed by atoms with Crippen LogP contribution in [0.3, 0.4) is 0 Å². The van der Waals surface area contributed by atoms with Gasteiger partial charge in [-0.05, 0) is 48.0 Å². The van der Waals surface area contributed by atoms with Gasteiger partial charge in [-0.15, -0.1) is 0 Å². The minimum Gasteiger partial charge on any atom is -0.478 e. The summed E-state index contributed by atoms with van der Waals surface area (Å²) in [6, 6.07) is 14.5. The van der Waals surface area contributed by atoms with E-state index in [-0.39, 0.29) is 29.3 Å². The van der Waals surface area contributed by atoms with E-state index in [1.54, 1.807) is 36.4 Å². The second-order valence-corrected chi connectivity index (χ2v) is 7.73. The molecule has 0 aliphatic carbocycles. The number of anilines is 1. The Labute approximate surface area is 185 Å². The molecule has 0 aliphatic rings. The molecule has 160 valence electrons. The average Bonchev–Trinajstić information content (AvgIpc) is 3.16. The van der Waals surface area contributed by atoms with Crippen molar-refractivity contribution in [2.45, 2.75) is 6.42 Å². The predicted molar refractivity (Wildman–Crippen MR) is 118 cm³/mol. The molecule has 0 radical (unpaired) electrons. The van der Waals surface area contributed by atoms with Crippen LogP contribution in [0.15, 0.2) is 60.8 Å². The van der Waals surface area contributed by atoms with Gasteiger partial charge in [0.05, 0.1) is 22.2 Å². The van der Waals surface area contributed by atoms with E-state index in [4.69, 9.17) is 15.6 Å². The van der Waals surface area contributed by atoms with Gasteiger partial charge in [0.2, 0.25) is 11.8 Å². The highest BCUT2D eigenvalue weighted by Crippen LogP contribution is 2.27. The molecule has 4 aromatic rings. The van der Waals surface area contributed by atoms with Gasteiger partial charge in [-0.3, -0.25) is 9.59 Å². The number of rotatable bonds is 7. The molecule has 0 saturated carbocycles. The predicted octanol–water partition coefficient (Wildman–Crippen LogP) is 3.46. The number of thiazole rings is 1. The van der Waals surface area contributed by atoms with Crippen LogP contribution in [0.4, 0.5) is 5.13 Å². The molecule has 0 fully saturated rings. The van der Waals surface area contributed by atoms with Crippen LogP contribution < -0.4 is 15.8 Å². The summed E-state index contributed by atoms with van der Waals surface area (Å²) in [6.07, 6.45) is 1.59. The quantitative estimate of drug-likeness (QED) is 0.392. The molecular weight excluding hydrogens is 432 g/mol. The lowest BCUT2D eigenvalue weighted by Gasteiger charge is -2.08. The Morgan fingerprint density at radius 2 is 1.88 bits per heavy atom. The van der Waals surface area contributed by atoms with Gasteiger partial charge >= 0.3 is 5.97 Å². The second-order valence-electron chi connectivity index (χ2n) is 6.70. The van der Waals surface area contributed by atoms with E-state index < -0.39 is 11.9 Å². The summed E-state index contributed by atoms with van der Waals surface area (Å²) in [6.45, 7) is 0. The molecule has 0 unspecified atom stereocenters. The minimum atomic E-state index is -1.04. The summed E-state index contributed by atoms with van der Waals surface area (Å²) in [5.41, 5.74) is 6.87. The van der Waals surface area contributed by atoms with E-state index in [0.717, 1.165) is 10.3 Å². The first-order chi connectivity index (χ1) is 15.4. The number of nitrogens with two attached hydrogens (primary N) is 1. The zero-order chi connectivity index (χ0) is 22.7. The number of aromatic carboxylic acids is 1. The van der Waals surface area contributed by atoms with E-state index in [2.05, 4.69) is 15.3 Å². The van der Waals surface area contributed by atoms with Crippen LogP contribution in [0.1, 0.15) is 26.3 Å². The zero-order valence-electron chi connectivity index (χ0n) is 16.4. The van der Waals surface area contributed by atoms with Gasteiger partial charge in [0.15, 0.2) is 5.13 Å². The Bertz CT molecular complexity index is 1330. The van der Waals surface area contributed by atoms with Crippen LogP contribution in [0.25, 0.3) is 10.2 Å². The number of carbonyl (C=O) groups is 3. The van der Waals surface area contributed by atoms with E-state index in [1.807, 2.05) is 0 Å². The third-order valence-electron chi connectivity index (χ3n) is 4.42. The second kappa shape index (κ2) is 8.82. The van der Waals surface area contributed by atoms with Crippen molar-refractivity contribution in [3.05, 3.63) is 77.5 Å². The Hall–Kier alpha value is -4.31. The van der Waals surface area contributed by atoms with Crippen molar-refractivity contribution in [2.75, 3.05) is 5.32 Å². The third-order valence-corrected chi connectivity index (χ3v) is 5.37. The summed E-state index contributed by atoms with van der Waals surface area (Å²) in [7, 11) is 0. The summed E-state index contributed by atoms with van der Waals surface area (Å²) in [5, 5.41) is 12.2. The number of ether oxygens (including phenoxy) is 1. The van der Waals surface area contributed by atoms with Gasteiger partial charge in [-0.25, -0.2) is 14.8 Å². The SMILES string of the molecule is NC(=O)c1cccnc1Oc1ccc(CC(=O)Nc2nc3cc(C(=O)O)ccc3s2)cc1. The molecule has 2 amide bonds. The molecule has 0 spiro atoms. The Balaban J connectivity index is 1.40. The molecule has 2 aromatic carbocycles. The number of hydrogen-bond acceptors (Lipinski definition) is 7. The van der Waals surface area contributed by atoms with Gasteiger partial charge in [-0.1, -0.05) is 23.5 Å². The molecule has 4 rings (SSSR count). The highest BCUT2D eigenvalue weighted by Gasteiger charge is 2.13. The number of aromatic nitrogens is 2. The van der Waals surface area contributed by atoms with E-state index >= 15 is 0 Å². The van der Waals surface area contributed by atoms with Crippen molar-refractivity contribution < 1.29 is 24.2 Å². The summed E-state index contributed by atoms with van der Waals surface area (Å²) in [5.74, 6) is -1.40. The molecule has 2 aromatic heterocycles. The van der Waals surface area contributed by atoms with E-state index in [9.17, 15) is 14.4 Å². The molecule has 9 nitrogen and oxygen atoms in total. The number of carboxylic acids is 1. The first-order valence-electron chi connectivity index (χ1n) is 9.34. The number of carbonyl (C=O) groups excluding carboxylic acids is 2. The highest BCUT2D eigenvalue weighted by atomic mass is 32.1. The summed E-state index contributed by atoms with van der Waals surface area (Å²) < 4.78 is 6.40. The number of primary amides is 1. The molecular formula is C22H16N4O5S. The van der Waals surface area contributed by atoms with Crippen LogP contribution in [-0.2, 0) is 11.2 Å². The lowest BCUT2D eigenvalue weighted by atomic mass is 10.1. The average molecular weight is 448 g/mol. The smallest absolute Gasteiger partial charge is 0.335 e. The molecule has 32 heavy (non-hydrogen) atoms. The monoisotopic (exact) mass is 448 g/mol. The maximum Gasteiger partial charge on any atom is 0.335 e. The van der Waals surface area contributed by atoms with Gasteiger partial charge in [0, 0.05) is 6.20 Å². The van der Waals surface area contributed by atoms with Crippen molar-refractivity contribution in [3.8, 4) is 11.6 Å². The highest BCUT2D eigenvalue weighted by molar-refractivity contribution is 7.22. The molecule has 2 heterocycles. The van der Waals surface area contributed by atoms with Crippen molar-refractivity contribution in [2.24, 2.45) is 5.73 Å². The van der Waals surface area contributed by atoms with Crippen LogP contribution >= 0.6 is 11.3 Å². The molecule has 0 bridgehead atoms. The number of fused-ring (bicyclic) bond motifs is 1. The van der Waals surface area contributed by atoms with E-state index in [0.29, 0.717) is 16.4 Å². The van der Waals surface area contributed by atoms with E-state index in [1.165, 1.54) is 35.7 Å². The van der Waals surface area contributed by atoms with Crippen LogP contribution in [0.5, 0.6) is 11.6 Å². The van der Waals surface area contributed by atoms with Gasteiger partial charge in [-0.2, -0.15) is 0 Å². The fourth-order valence-corrected chi connectivity index (χ4v) is 3.77.